The van der Waals surface area contributed by atoms with Crippen LogP contribution in [0.4, 0.5) is 13.2 Å². The lowest BCUT2D eigenvalue weighted by molar-refractivity contribution is -0.274. The van der Waals surface area contributed by atoms with Crippen LogP contribution in [0.1, 0.15) is 5.56 Å². The number of nitrogens with zero attached hydrogens (tertiary/aromatic N) is 1. The van der Waals surface area contributed by atoms with Gasteiger partial charge >= 0.3 is 6.36 Å². The molecule has 1 heterocycles. The molecule has 1 N–H and O–H groups in total. The summed E-state index contributed by atoms with van der Waals surface area (Å²) in [5.41, 5.74) is 2.37. The molecular weight excluding hydrogens is 233 g/mol. The van der Waals surface area contributed by atoms with Gasteiger partial charge in [0, 0.05) is 11.8 Å². The molecule has 0 fully saturated rings. The van der Waals surface area contributed by atoms with Gasteiger partial charge in [-0.1, -0.05) is 0 Å². The second-order valence-electron chi connectivity index (χ2n) is 3.49. The molecule has 17 heavy (non-hydrogen) atoms. The lowest BCUT2D eigenvalue weighted by Gasteiger charge is -2.08. The minimum atomic E-state index is -4.66. The Morgan fingerprint density at radius 3 is 2.29 bits per heavy atom. The first-order chi connectivity index (χ1) is 7.96. The third-order valence-electron chi connectivity index (χ3n) is 2.19. The fourth-order valence-electron chi connectivity index (χ4n) is 1.46. The first-order valence-corrected chi connectivity index (χ1v) is 4.82. The van der Waals surface area contributed by atoms with Gasteiger partial charge in [-0.05, 0) is 36.8 Å². The summed E-state index contributed by atoms with van der Waals surface area (Å²) < 4.78 is 39.6. The van der Waals surface area contributed by atoms with Gasteiger partial charge in [0.25, 0.3) is 0 Å². The summed E-state index contributed by atoms with van der Waals surface area (Å²) in [6.07, 6.45) is -2.95. The van der Waals surface area contributed by atoms with Gasteiger partial charge < -0.3 is 4.74 Å². The number of benzene rings is 1. The van der Waals surface area contributed by atoms with Crippen molar-refractivity contribution in [3.05, 3.63) is 36.0 Å². The third-order valence-corrected chi connectivity index (χ3v) is 2.19. The molecule has 0 saturated carbocycles. The van der Waals surface area contributed by atoms with Crippen LogP contribution in [-0.4, -0.2) is 16.6 Å². The molecule has 1 aromatic heterocycles. The Labute approximate surface area is 95.2 Å². The van der Waals surface area contributed by atoms with Crippen molar-refractivity contribution in [3.8, 4) is 17.0 Å². The fourth-order valence-corrected chi connectivity index (χ4v) is 1.46. The number of ether oxygens (including phenoxy) is 1. The highest BCUT2D eigenvalue weighted by molar-refractivity contribution is 5.62. The second kappa shape index (κ2) is 4.12. The van der Waals surface area contributed by atoms with E-state index in [2.05, 4.69) is 14.9 Å². The number of aromatic nitrogens is 2. The summed E-state index contributed by atoms with van der Waals surface area (Å²) in [5.74, 6) is -0.241. The van der Waals surface area contributed by atoms with Crippen molar-refractivity contribution in [1.29, 1.82) is 0 Å². The van der Waals surface area contributed by atoms with Crippen LogP contribution >= 0.6 is 0 Å². The summed E-state index contributed by atoms with van der Waals surface area (Å²) in [6.45, 7) is 1.86. The SMILES string of the molecule is Cc1c[nH]nc1-c1ccc(OC(F)(F)F)cc1. The van der Waals surface area contributed by atoms with E-state index in [1.54, 1.807) is 6.20 Å². The molecule has 0 aliphatic heterocycles. The summed E-state index contributed by atoms with van der Waals surface area (Å²) in [4.78, 5) is 0. The number of hydrogen-bond donors (Lipinski definition) is 1. The maximum atomic E-state index is 11.9. The van der Waals surface area contributed by atoms with Crippen LogP contribution in [0.2, 0.25) is 0 Å². The molecule has 0 amide bonds. The molecule has 0 unspecified atom stereocenters. The summed E-state index contributed by atoms with van der Waals surface area (Å²) in [7, 11) is 0. The normalized spacial score (nSPS) is 11.5. The quantitative estimate of drug-likeness (QED) is 0.877. The first-order valence-electron chi connectivity index (χ1n) is 4.82. The lowest BCUT2D eigenvalue weighted by atomic mass is 10.1. The zero-order valence-electron chi connectivity index (χ0n) is 8.88. The molecule has 0 spiro atoms. The van der Waals surface area contributed by atoms with Crippen molar-refractivity contribution in [1.82, 2.24) is 10.2 Å². The zero-order valence-corrected chi connectivity index (χ0v) is 8.88. The van der Waals surface area contributed by atoms with E-state index >= 15 is 0 Å². The van der Waals surface area contributed by atoms with Crippen molar-refractivity contribution in [2.24, 2.45) is 0 Å². The van der Waals surface area contributed by atoms with Gasteiger partial charge in [-0.25, -0.2) is 0 Å². The lowest BCUT2D eigenvalue weighted by Crippen LogP contribution is -2.16. The average molecular weight is 242 g/mol. The zero-order chi connectivity index (χ0) is 12.5. The molecule has 90 valence electrons. The Bertz CT molecular complexity index is 502. The number of rotatable bonds is 2. The van der Waals surface area contributed by atoms with E-state index < -0.39 is 6.36 Å². The number of aryl methyl sites for hydroxylation is 1. The van der Waals surface area contributed by atoms with E-state index in [0.29, 0.717) is 5.69 Å². The highest BCUT2D eigenvalue weighted by Gasteiger charge is 2.30. The molecule has 0 bridgehead atoms. The topological polar surface area (TPSA) is 37.9 Å². The number of aromatic amines is 1. The van der Waals surface area contributed by atoms with Gasteiger partial charge in [0.1, 0.15) is 5.75 Å². The molecule has 3 nitrogen and oxygen atoms in total. The molecule has 0 radical (unpaired) electrons. The van der Waals surface area contributed by atoms with E-state index in [4.69, 9.17) is 0 Å². The number of nitrogens with one attached hydrogen (secondary N) is 1. The van der Waals surface area contributed by atoms with E-state index in [1.165, 1.54) is 24.3 Å². The Kier molecular flexibility index (Phi) is 2.79. The van der Waals surface area contributed by atoms with E-state index in [-0.39, 0.29) is 5.75 Å². The summed E-state index contributed by atoms with van der Waals surface area (Å²) >= 11 is 0. The van der Waals surface area contributed by atoms with Gasteiger partial charge in [-0.3, -0.25) is 5.10 Å². The molecule has 2 rings (SSSR count). The van der Waals surface area contributed by atoms with Crippen molar-refractivity contribution in [3.63, 3.8) is 0 Å². The number of alkyl halides is 3. The third kappa shape index (κ3) is 2.77. The van der Waals surface area contributed by atoms with Gasteiger partial charge in [-0.15, -0.1) is 13.2 Å². The van der Waals surface area contributed by atoms with Crippen molar-refractivity contribution < 1.29 is 17.9 Å². The predicted octanol–water partition coefficient (Wildman–Crippen LogP) is 3.28. The van der Waals surface area contributed by atoms with Crippen LogP contribution in [0, 0.1) is 6.92 Å². The number of H-pyrrole nitrogens is 1. The smallest absolute Gasteiger partial charge is 0.406 e. The number of halogens is 3. The number of hydrogen-bond acceptors (Lipinski definition) is 2. The van der Waals surface area contributed by atoms with Gasteiger partial charge in [-0.2, -0.15) is 5.10 Å². The van der Waals surface area contributed by atoms with Crippen LogP contribution in [0.5, 0.6) is 5.75 Å². The molecule has 0 aliphatic rings. The van der Waals surface area contributed by atoms with Crippen LogP contribution in [-0.2, 0) is 0 Å². The van der Waals surface area contributed by atoms with Crippen LogP contribution < -0.4 is 4.74 Å². The first kappa shape index (κ1) is 11.5. The van der Waals surface area contributed by atoms with E-state index in [9.17, 15) is 13.2 Å². The molecule has 1 aromatic carbocycles. The second-order valence-corrected chi connectivity index (χ2v) is 3.49. The van der Waals surface area contributed by atoms with Gasteiger partial charge in [0.2, 0.25) is 0 Å². The van der Waals surface area contributed by atoms with Gasteiger partial charge in [0.05, 0.1) is 5.69 Å². The van der Waals surface area contributed by atoms with Gasteiger partial charge in [0.15, 0.2) is 0 Å². The Hall–Kier alpha value is -1.98. The Morgan fingerprint density at radius 1 is 1.18 bits per heavy atom. The maximum Gasteiger partial charge on any atom is 0.573 e. The highest BCUT2D eigenvalue weighted by Crippen LogP contribution is 2.26. The van der Waals surface area contributed by atoms with E-state index in [0.717, 1.165) is 11.1 Å². The fraction of sp³-hybridized carbons (Fsp3) is 0.182. The van der Waals surface area contributed by atoms with Crippen molar-refractivity contribution in [2.45, 2.75) is 13.3 Å². The molecule has 0 aliphatic carbocycles. The average Bonchev–Trinajstić information content (AvgIpc) is 2.63. The minimum Gasteiger partial charge on any atom is -0.406 e. The van der Waals surface area contributed by atoms with Crippen LogP contribution in [0.25, 0.3) is 11.3 Å². The maximum absolute atomic E-state index is 11.9. The summed E-state index contributed by atoms with van der Waals surface area (Å²) in [5, 5.41) is 6.69. The monoisotopic (exact) mass is 242 g/mol. The molecular formula is C11H9F3N2O. The molecule has 6 heteroatoms. The van der Waals surface area contributed by atoms with Crippen molar-refractivity contribution >= 4 is 0 Å². The highest BCUT2D eigenvalue weighted by atomic mass is 19.4. The molecule has 2 aromatic rings. The summed E-state index contributed by atoms with van der Waals surface area (Å²) in [6, 6.07) is 5.59. The van der Waals surface area contributed by atoms with Crippen LogP contribution in [0.3, 0.4) is 0 Å². The van der Waals surface area contributed by atoms with E-state index in [1.807, 2.05) is 6.92 Å². The molecule has 0 saturated heterocycles. The van der Waals surface area contributed by atoms with Crippen LogP contribution in [0.15, 0.2) is 30.5 Å². The van der Waals surface area contributed by atoms with Crippen molar-refractivity contribution in [2.75, 3.05) is 0 Å². The Balaban J connectivity index is 2.22. The largest absolute Gasteiger partial charge is 0.573 e. The molecule has 0 atom stereocenters. The Morgan fingerprint density at radius 2 is 1.82 bits per heavy atom. The predicted molar refractivity (Wildman–Crippen MR) is 55.4 cm³/mol. The minimum absolute atomic E-state index is 0.241. The standard InChI is InChI=1S/C11H9F3N2O/c1-7-6-15-16-10(7)8-2-4-9(5-3-8)17-11(12,13)14/h2-6H,1H3,(H,15,16).